The number of hydrogen-bond donors (Lipinski definition) is 2. The highest BCUT2D eigenvalue weighted by Crippen LogP contribution is 2.49. The van der Waals surface area contributed by atoms with E-state index in [2.05, 4.69) is 6.07 Å². The molecule has 30 heavy (non-hydrogen) atoms. The van der Waals surface area contributed by atoms with E-state index in [1.165, 1.54) is 0 Å². The molecule has 0 atom stereocenters. The zero-order valence-corrected chi connectivity index (χ0v) is 16.6. The second kappa shape index (κ2) is 6.88. The quantitative estimate of drug-likeness (QED) is 0.476. The van der Waals surface area contributed by atoms with Crippen LogP contribution in [0.5, 0.6) is 28.7 Å². The Morgan fingerprint density at radius 3 is 2.33 bits per heavy atom. The number of rotatable bonds is 3. The van der Waals surface area contributed by atoms with Crippen LogP contribution >= 0.6 is 0 Å². The second-order valence-electron chi connectivity index (χ2n) is 7.23. The lowest BCUT2D eigenvalue weighted by molar-refractivity contribution is 0.303. The Morgan fingerprint density at radius 2 is 1.53 bits per heavy atom. The average molecular weight is 400 g/mol. The predicted octanol–water partition coefficient (Wildman–Crippen LogP) is 5.49. The number of phenolic OH excluding ortho intramolecular Hbond substituents is 2. The molecule has 5 nitrogen and oxygen atoms in total. The lowest BCUT2D eigenvalue weighted by Crippen LogP contribution is -2.07. The van der Waals surface area contributed by atoms with Gasteiger partial charge in [0.2, 0.25) is 0 Å². The maximum Gasteiger partial charge on any atom is 0.161 e. The van der Waals surface area contributed by atoms with E-state index in [0.29, 0.717) is 18.1 Å². The fourth-order valence-electron chi connectivity index (χ4n) is 4.11. The third kappa shape index (κ3) is 2.78. The molecule has 0 aliphatic carbocycles. The van der Waals surface area contributed by atoms with Crippen LogP contribution in [0, 0.1) is 0 Å². The highest BCUT2D eigenvalue weighted by molar-refractivity contribution is 6.05. The summed E-state index contributed by atoms with van der Waals surface area (Å²) < 4.78 is 17.1. The molecule has 0 fully saturated rings. The van der Waals surface area contributed by atoms with Crippen molar-refractivity contribution in [3.8, 4) is 51.0 Å². The van der Waals surface area contributed by atoms with Crippen LogP contribution in [0.25, 0.3) is 33.0 Å². The number of fused-ring (bicyclic) bond motifs is 4. The minimum atomic E-state index is 0.185. The molecule has 0 saturated carbocycles. The molecule has 0 aromatic heterocycles. The van der Waals surface area contributed by atoms with Gasteiger partial charge in [-0.25, -0.2) is 0 Å². The van der Waals surface area contributed by atoms with Gasteiger partial charge in [-0.3, -0.25) is 0 Å². The summed E-state index contributed by atoms with van der Waals surface area (Å²) in [6.45, 7) is 0.349. The van der Waals surface area contributed by atoms with E-state index < -0.39 is 0 Å². The largest absolute Gasteiger partial charge is 0.508 e. The Labute approximate surface area is 173 Å². The first-order chi connectivity index (χ1) is 14.6. The van der Waals surface area contributed by atoms with E-state index in [4.69, 9.17) is 14.2 Å². The number of aromatic hydroxyl groups is 2. The molecule has 5 heteroatoms. The number of phenols is 2. The maximum atomic E-state index is 10.2. The van der Waals surface area contributed by atoms with Crippen LogP contribution in [0.3, 0.4) is 0 Å². The summed E-state index contributed by atoms with van der Waals surface area (Å²) in [6.07, 6.45) is 0. The molecule has 4 aromatic carbocycles. The zero-order chi connectivity index (χ0) is 20.8. The summed E-state index contributed by atoms with van der Waals surface area (Å²) in [7, 11) is 3.20. The van der Waals surface area contributed by atoms with Crippen LogP contribution in [0.4, 0.5) is 0 Å². The number of benzene rings is 4. The van der Waals surface area contributed by atoms with Crippen LogP contribution in [0.2, 0.25) is 0 Å². The summed E-state index contributed by atoms with van der Waals surface area (Å²) in [5.41, 5.74) is 4.66. The topological polar surface area (TPSA) is 68.2 Å². The van der Waals surface area contributed by atoms with E-state index in [0.717, 1.165) is 44.3 Å². The summed E-state index contributed by atoms with van der Waals surface area (Å²) in [5, 5.41) is 21.9. The van der Waals surface area contributed by atoms with Crippen LogP contribution in [0.1, 0.15) is 5.56 Å². The average Bonchev–Trinajstić information content (AvgIpc) is 2.76. The number of ether oxygens (including phenoxy) is 3. The first kappa shape index (κ1) is 18.2. The highest BCUT2D eigenvalue weighted by atomic mass is 16.5. The van der Waals surface area contributed by atoms with Crippen molar-refractivity contribution in [1.82, 2.24) is 0 Å². The van der Waals surface area contributed by atoms with Crippen molar-refractivity contribution in [2.24, 2.45) is 0 Å². The van der Waals surface area contributed by atoms with Gasteiger partial charge in [0.1, 0.15) is 23.9 Å². The second-order valence-corrected chi connectivity index (χ2v) is 7.23. The van der Waals surface area contributed by atoms with E-state index >= 15 is 0 Å². The lowest BCUT2D eigenvalue weighted by atomic mass is 9.88. The molecule has 0 amide bonds. The van der Waals surface area contributed by atoms with Crippen molar-refractivity contribution in [2.75, 3.05) is 14.2 Å². The fourth-order valence-corrected chi connectivity index (χ4v) is 4.11. The normalized spacial score (nSPS) is 12.1. The Morgan fingerprint density at radius 1 is 0.767 bits per heavy atom. The smallest absolute Gasteiger partial charge is 0.161 e. The molecule has 0 saturated heterocycles. The fraction of sp³-hybridized carbons (Fsp3) is 0.120. The van der Waals surface area contributed by atoms with Gasteiger partial charge >= 0.3 is 0 Å². The van der Waals surface area contributed by atoms with Crippen molar-refractivity contribution in [1.29, 1.82) is 0 Å². The van der Waals surface area contributed by atoms with Crippen molar-refractivity contribution in [3.05, 3.63) is 66.2 Å². The number of methoxy groups -OCH3 is 2. The van der Waals surface area contributed by atoms with Gasteiger partial charge in [0.25, 0.3) is 0 Å². The Kier molecular flexibility index (Phi) is 4.17. The summed E-state index contributed by atoms with van der Waals surface area (Å²) >= 11 is 0. The van der Waals surface area contributed by atoms with Gasteiger partial charge in [0.05, 0.1) is 14.2 Å². The third-order valence-corrected chi connectivity index (χ3v) is 5.50. The summed E-state index contributed by atoms with van der Waals surface area (Å²) in [5.74, 6) is 2.39. The van der Waals surface area contributed by atoms with Gasteiger partial charge in [-0.05, 0) is 64.4 Å². The monoisotopic (exact) mass is 400 g/mol. The maximum absolute atomic E-state index is 10.2. The molecular weight excluding hydrogens is 380 g/mol. The third-order valence-electron chi connectivity index (χ3n) is 5.50. The minimum absolute atomic E-state index is 0.185. The molecule has 0 spiro atoms. The summed E-state index contributed by atoms with van der Waals surface area (Å²) in [6, 6.07) is 18.4. The zero-order valence-electron chi connectivity index (χ0n) is 16.6. The summed E-state index contributed by atoms with van der Waals surface area (Å²) in [4.78, 5) is 0. The molecule has 1 aliphatic heterocycles. The highest BCUT2D eigenvalue weighted by Gasteiger charge is 2.24. The molecule has 0 bridgehead atoms. The standard InChI is InChI=1S/C25H20O5/c1-28-22-8-4-15(11-23(22)29-2)24-20-12-18(27)5-3-14(20)10-21-19-7-6-17(26)9-16(19)13-30-25(21)24/h3-12,26-27H,13H2,1-2H3. The van der Waals surface area contributed by atoms with Gasteiger partial charge in [-0.15, -0.1) is 0 Å². The van der Waals surface area contributed by atoms with Gasteiger partial charge in [0, 0.05) is 16.7 Å². The number of hydrogen-bond acceptors (Lipinski definition) is 5. The van der Waals surface area contributed by atoms with Gasteiger partial charge in [0.15, 0.2) is 11.5 Å². The molecule has 2 N–H and O–H groups in total. The van der Waals surface area contributed by atoms with Crippen LogP contribution in [0.15, 0.2) is 60.7 Å². The van der Waals surface area contributed by atoms with Crippen LogP contribution in [-0.2, 0) is 6.61 Å². The Hall–Kier alpha value is -3.86. The van der Waals surface area contributed by atoms with Crippen LogP contribution in [-0.4, -0.2) is 24.4 Å². The van der Waals surface area contributed by atoms with Crippen molar-refractivity contribution in [3.63, 3.8) is 0 Å². The van der Waals surface area contributed by atoms with E-state index in [-0.39, 0.29) is 11.5 Å². The first-order valence-electron chi connectivity index (χ1n) is 9.56. The molecule has 5 rings (SSSR count). The Balaban J connectivity index is 1.85. The Bertz CT molecular complexity index is 1290. The first-order valence-corrected chi connectivity index (χ1v) is 9.56. The van der Waals surface area contributed by atoms with Crippen LogP contribution < -0.4 is 14.2 Å². The van der Waals surface area contributed by atoms with Gasteiger partial charge in [-0.1, -0.05) is 18.2 Å². The lowest BCUT2D eigenvalue weighted by Gasteiger charge is -2.25. The molecule has 1 heterocycles. The minimum Gasteiger partial charge on any atom is -0.508 e. The molecule has 4 aromatic rings. The van der Waals surface area contributed by atoms with E-state index in [1.54, 1.807) is 38.5 Å². The SMILES string of the molecule is COc1ccc(-c2c3c(cc4ccc(O)cc24)-c2ccc(O)cc2CO3)cc1OC. The van der Waals surface area contributed by atoms with E-state index in [9.17, 15) is 10.2 Å². The molecule has 0 unspecified atom stereocenters. The van der Waals surface area contributed by atoms with Crippen molar-refractivity contribution in [2.45, 2.75) is 6.61 Å². The molecule has 0 radical (unpaired) electrons. The van der Waals surface area contributed by atoms with Crippen molar-refractivity contribution < 1.29 is 24.4 Å². The molecule has 150 valence electrons. The van der Waals surface area contributed by atoms with Gasteiger partial charge in [-0.2, -0.15) is 0 Å². The molecular formula is C25H20O5. The van der Waals surface area contributed by atoms with E-state index in [1.807, 2.05) is 30.3 Å². The predicted molar refractivity (Wildman–Crippen MR) is 116 cm³/mol. The van der Waals surface area contributed by atoms with Crippen molar-refractivity contribution >= 4 is 10.8 Å². The molecule has 1 aliphatic rings. The van der Waals surface area contributed by atoms with Gasteiger partial charge < -0.3 is 24.4 Å².